The van der Waals surface area contributed by atoms with E-state index < -0.39 is 12.0 Å². The third kappa shape index (κ3) is 4.96. The zero-order valence-electron chi connectivity index (χ0n) is 18.5. The first-order valence-electron chi connectivity index (χ1n) is 11.2. The molecule has 0 unspecified atom stereocenters. The maximum atomic E-state index is 13.0. The van der Waals surface area contributed by atoms with E-state index in [9.17, 15) is 19.2 Å². The molecule has 2 aliphatic rings. The van der Waals surface area contributed by atoms with Crippen LogP contribution in [-0.4, -0.2) is 60.4 Å². The lowest BCUT2D eigenvalue weighted by Gasteiger charge is -2.33. The van der Waals surface area contributed by atoms with E-state index in [1.807, 2.05) is 35.2 Å². The highest BCUT2D eigenvalue weighted by Crippen LogP contribution is 2.25. The number of imide groups is 1. The number of rotatable bonds is 6. The number of hydrogen-bond donors (Lipinski definition) is 1. The highest BCUT2D eigenvalue weighted by atomic mass is 16.5. The van der Waals surface area contributed by atoms with Crippen molar-refractivity contribution in [1.82, 2.24) is 10.2 Å². The van der Waals surface area contributed by atoms with Crippen LogP contribution in [0.1, 0.15) is 46.9 Å². The first-order valence-corrected chi connectivity index (χ1v) is 11.2. The molecule has 4 rings (SSSR count). The van der Waals surface area contributed by atoms with Gasteiger partial charge in [0, 0.05) is 24.7 Å². The van der Waals surface area contributed by atoms with Crippen molar-refractivity contribution in [2.24, 2.45) is 0 Å². The van der Waals surface area contributed by atoms with Gasteiger partial charge in [-0.25, -0.2) is 9.69 Å². The Balaban J connectivity index is 1.33. The summed E-state index contributed by atoms with van der Waals surface area (Å²) in [6.45, 7) is 3.20. The number of likely N-dealkylation sites (tertiary alicyclic amines) is 1. The van der Waals surface area contributed by atoms with Crippen LogP contribution in [0.25, 0.3) is 0 Å². The van der Waals surface area contributed by atoms with Gasteiger partial charge in [0.25, 0.3) is 11.8 Å². The van der Waals surface area contributed by atoms with Crippen LogP contribution in [-0.2, 0) is 14.3 Å². The highest BCUT2D eigenvalue weighted by Gasteiger charge is 2.40. The van der Waals surface area contributed by atoms with Gasteiger partial charge in [-0.15, -0.1) is 0 Å². The molecule has 2 heterocycles. The lowest BCUT2D eigenvalue weighted by atomic mass is 10.0. The summed E-state index contributed by atoms with van der Waals surface area (Å²) >= 11 is 0. The van der Waals surface area contributed by atoms with Crippen LogP contribution in [0.4, 0.5) is 5.69 Å². The van der Waals surface area contributed by atoms with Crippen molar-refractivity contribution in [2.75, 3.05) is 24.6 Å². The Morgan fingerprint density at radius 3 is 2.27 bits per heavy atom. The molecule has 2 saturated heterocycles. The minimum absolute atomic E-state index is 0.0126. The first-order chi connectivity index (χ1) is 16.0. The number of ether oxygens (including phenoxy) is 1. The molecular weight excluding hydrogens is 422 g/mol. The summed E-state index contributed by atoms with van der Waals surface area (Å²) < 4.78 is 4.96. The molecule has 8 heteroatoms. The summed E-state index contributed by atoms with van der Waals surface area (Å²) in [5.74, 6) is -1.01. The van der Waals surface area contributed by atoms with E-state index in [2.05, 4.69) is 5.32 Å². The molecule has 0 spiro atoms. The van der Waals surface area contributed by atoms with Crippen molar-refractivity contribution in [3.63, 3.8) is 0 Å². The molecule has 0 aromatic heterocycles. The number of piperidine rings is 1. The van der Waals surface area contributed by atoms with Gasteiger partial charge in [0.1, 0.15) is 0 Å². The van der Waals surface area contributed by atoms with Crippen LogP contribution in [0.3, 0.4) is 0 Å². The average molecular weight is 450 g/mol. The number of anilines is 1. The molecule has 8 nitrogen and oxygen atoms in total. The van der Waals surface area contributed by atoms with E-state index in [1.165, 1.54) is 4.90 Å². The second-order valence-electron chi connectivity index (χ2n) is 8.19. The van der Waals surface area contributed by atoms with Gasteiger partial charge in [-0.2, -0.15) is 0 Å². The molecular formula is C25H27N3O5. The number of benzene rings is 2. The minimum Gasteiger partial charge on any atom is -0.462 e. The molecule has 0 bridgehead atoms. The maximum Gasteiger partial charge on any atom is 0.338 e. The molecule has 2 fully saturated rings. The van der Waals surface area contributed by atoms with Gasteiger partial charge >= 0.3 is 5.97 Å². The molecule has 1 atom stereocenters. The van der Waals surface area contributed by atoms with Crippen molar-refractivity contribution in [2.45, 2.75) is 38.3 Å². The van der Waals surface area contributed by atoms with Crippen molar-refractivity contribution >= 4 is 29.4 Å². The Hall–Kier alpha value is -3.52. The minimum atomic E-state index is -0.594. The van der Waals surface area contributed by atoms with Gasteiger partial charge in [-0.05, 0) is 56.2 Å². The van der Waals surface area contributed by atoms with E-state index >= 15 is 0 Å². The summed E-state index contributed by atoms with van der Waals surface area (Å²) in [6, 6.07) is 14.9. The lowest BCUT2D eigenvalue weighted by molar-refractivity contribution is -0.121. The summed E-state index contributed by atoms with van der Waals surface area (Å²) in [5, 5.41) is 3.32. The fraction of sp³-hybridized carbons (Fsp3) is 0.360. The van der Waals surface area contributed by atoms with E-state index in [0.29, 0.717) is 42.7 Å². The van der Waals surface area contributed by atoms with Gasteiger partial charge < -0.3 is 15.0 Å². The molecule has 2 aliphatic heterocycles. The van der Waals surface area contributed by atoms with E-state index in [4.69, 9.17) is 4.74 Å². The number of amides is 3. The van der Waals surface area contributed by atoms with Crippen molar-refractivity contribution < 1.29 is 23.9 Å². The normalized spacial score (nSPS) is 19.1. The van der Waals surface area contributed by atoms with Crippen LogP contribution in [0.15, 0.2) is 54.6 Å². The van der Waals surface area contributed by atoms with Gasteiger partial charge in [0.15, 0.2) is 0 Å². The molecule has 0 aliphatic carbocycles. The summed E-state index contributed by atoms with van der Waals surface area (Å²) in [7, 11) is 0. The fourth-order valence-electron chi connectivity index (χ4n) is 4.29. The van der Waals surface area contributed by atoms with Gasteiger partial charge in [-0.1, -0.05) is 18.2 Å². The summed E-state index contributed by atoms with van der Waals surface area (Å²) in [5.41, 5.74) is 1.47. The Bertz CT molecular complexity index is 1030. The molecule has 0 radical (unpaired) electrons. The Morgan fingerprint density at radius 2 is 1.64 bits per heavy atom. The Labute approximate surface area is 192 Å². The number of nitrogens with zero attached hydrogens (tertiary/aromatic N) is 2. The molecule has 1 N–H and O–H groups in total. The number of hydrogen-bond acceptors (Lipinski definition) is 6. The van der Waals surface area contributed by atoms with Crippen LogP contribution in [0.2, 0.25) is 0 Å². The molecule has 2 aromatic carbocycles. The quantitative estimate of drug-likeness (QED) is 0.537. The summed E-state index contributed by atoms with van der Waals surface area (Å²) in [6.07, 6.45) is 1.51. The van der Waals surface area contributed by atoms with Gasteiger partial charge in [0.2, 0.25) is 5.91 Å². The standard InChI is InChI=1S/C25H27N3O5/c1-2-33-25(32)18-8-10-20(11-9-18)28-22(29)16-21(24(28)31)26-19-12-14-27(15-13-19)23(30)17-6-4-3-5-7-17/h3-11,19,21,26H,2,12-16H2,1H3/t21-/m0/s1. The van der Waals surface area contributed by atoms with Crippen LogP contribution < -0.4 is 10.2 Å². The smallest absolute Gasteiger partial charge is 0.338 e. The number of carbonyl (C=O) groups excluding carboxylic acids is 4. The zero-order chi connectivity index (χ0) is 23.4. The SMILES string of the molecule is CCOC(=O)c1ccc(N2C(=O)C[C@H](NC3CCN(C(=O)c4ccccc4)CC3)C2=O)cc1. The summed E-state index contributed by atoms with van der Waals surface area (Å²) in [4.78, 5) is 53.0. The van der Waals surface area contributed by atoms with Crippen LogP contribution in [0, 0.1) is 0 Å². The molecule has 3 amide bonds. The highest BCUT2D eigenvalue weighted by molar-refractivity contribution is 6.22. The third-order valence-corrected chi connectivity index (χ3v) is 6.02. The molecule has 0 saturated carbocycles. The fourth-order valence-corrected chi connectivity index (χ4v) is 4.29. The largest absolute Gasteiger partial charge is 0.462 e. The average Bonchev–Trinajstić information content (AvgIpc) is 3.12. The molecule has 33 heavy (non-hydrogen) atoms. The van der Waals surface area contributed by atoms with E-state index in [0.717, 1.165) is 0 Å². The third-order valence-electron chi connectivity index (χ3n) is 6.02. The predicted octanol–water partition coefficient (Wildman–Crippen LogP) is 2.39. The number of esters is 1. The van der Waals surface area contributed by atoms with Crippen LogP contribution >= 0.6 is 0 Å². The Kier molecular flexibility index (Phi) is 6.84. The van der Waals surface area contributed by atoms with Gasteiger partial charge in [0.05, 0.1) is 30.3 Å². The number of nitrogens with one attached hydrogen (secondary N) is 1. The van der Waals surface area contributed by atoms with Crippen molar-refractivity contribution in [3.8, 4) is 0 Å². The number of carbonyl (C=O) groups is 4. The molecule has 2 aromatic rings. The van der Waals surface area contributed by atoms with Crippen molar-refractivity contribution in [1.29, 1.82) is 0 Å². The first kappa shape index (κ1) is 22.7. The topological polar surface area (TPSA) is 96.0 Å². The van der Waals surface area contributed by atoms with E-state index in [-0.39, 0.29) is 36.8 Å². The second kappa shape index (κ2) is 9.95. The van der Waals surface area contributed by atoms with Crippen LogP contribution in [0.5, 0.6) is 0 Å². The Morgan fingerprint density at radius 1 is 0.970 bits per heavy atom. The van der Waals surface area contributed by atoms with Crippen molar-refractivity contribution in [3.05, 3.63) is 65.7 Å². The maximum absolute atomic E-state index is 13.0. The lowest BCUT2D eigenvalue weighted by Crippen LogP contribution is -2.49. The predicted molar refractivity (Wildman–Crippen MR) is 122 cm³/mol. The monoisotopic (exact) mass is 449 g/mol. The molecule has 172 valence electrons. The second-order valence-corrected chi connectivity index (χ2v) is 8.19. The zero-order valence-corrected chi connectivity index (χ0v) is 18.5. The van der Waals surface area contributed by atoms with Gasteiger partial charge in [-0.3, -0.25) is 14.4 Å². The van der Waals surface area contributed by atoms with E-state index in [1.54, 1.807) is 31.2 Å².